The number of benzene rings is 1. The van der Waals surface area contributed by atoms with Crippen LogP contribution in [0.2, 0.25) is 0 Å². The molecular weight excluding hydrogens is 300 g/mol. The van der Waals surface area contributed by atoms with Crippen molar-refractivity contribution in [3.8, 4) is 0 Å². The van der Waals surface area contributed by atoms with Gasteiger partial charge in [-0.2, -0.15) is 8.75 Å². The van der Waals surface area contributed by atoms with Crippen LogP contribution >= 0.6 is 11.7 Å². The predicted molar refractivity (Wildman–Crippen MR) is 83.6 cm³/mol. The van der Waals surface area contributed by atoms with Crippen molar-refractivity contribution < 1.29 is 9.59 Å². The van der Waals surface area contributed by atoms with Crippen LogP contribution in [0, 0.1) is 0 Å². The van der Waals surface area contributed by atoms with Crippen LogP contribution < -0.4 is 0 Å². The fraction of sp³-hybridized carbons (Fsp3) is 0.200. The first-order valence-corrected chi connectivity index (χ1v) is 7.41. The summed E-state index contributed by atoms with van der Waals surface area (Å²) in [6.45, 7) is 0.350. The average Bonchev–Trinajstić information content (AvgIpc) is 3.13. The summed E-state index contributed by atoms with van der Waals surface area (Å²) in [4.78, 5) is 25.9. The lowest BCUT2D eigenvalue weighted by Gasteiger charge is -2.16. The summed E-state index contributed by atoms with van der Waals surface area (Å²) in [5, 5.41) is 0. The van der Waals surface area contributed by atoms with Gasteiger partial charge in [-0.1, -0.05) is 6.07 Å². The molecule has 0 N–H and O–H groups in total. The quantitative estimate of drug-likeness (QED) is 0.544. The Hall–Kier alpha value is -2.54. The van der Waals surface area contributed by atoms with Gasteiger partial charge in [0.1, 0.15) is 11.0 Å². The van der Waals surface area contributed by atoms with E-state index in [1.54, 1.807) is 37.0 Å². The smallest absolute Gasteiger partial charge is 0.296 e. The van der Waals surface area contributed by atoms with Gasteiger partial charge in [-0.3, -0.25) is 9.59 Å². The number of Topliss-reactive ketones (excluding diaryl/α,β-unsaturated/α-hetero) is 1. The molecule has 2 heterocycles. The van der Waals surface area contributed by atoms with Crippen LogP contribution in [-0.4, -0.2) is 37.0 Å². The SMILES string of the molecule is CN(Cc1ccc2nsnc2c1)C(=O)C(=O)c1cccn1C. The number of hydrogen-bond acceptors (Lipinski definition) is 5. The van der Waals surface area contributed by atoms with Crippen molar-refractivity contribution in [3.63, 3.8) is 0 Å². The molecule has 0 aliphatic rings. The molecule has 1 amide bonds. The molecule has 2 aromatic heterocycles. The molecule has 0 saturated heterocycles. The van der Waals surface area contributed by atoms with Crippen LogP contribution in [0.1, 0.15) is 16.1 Å². The number of fused-ring (bicyclic) bond motifs is 1. The van der Waals surface area contributed by atoms with Gasteiger partial charge in [0.2, 0.25) is 0 Å². The molecule has 22 heavy (non-hydrogen) atoms. The van der Waals surface area contributed by atoms with E-state index in [0.29, 0.717) is 12.2 Å². The van der Waals surface area contributed by atoms with Crippen molar-refractivity contribution in [2.45, 2.75) is 6.54 Å². The van der Waals surface area contributed by atoms with Gasteiger partial charge >= 0.3 is 0 Å². The van der Waals surface area contributed by atoms with E-state index in [2.05, 4.69) is 8.75 Å². The van der Waals surface area contributed by atoms with E-state index in [1.807, 2.05) is 18.2 Å². The van der Waals surface area contributed by atoms with Gasteiger partial charge in [0, 0.05) is 26.8 Å². The van der Waals surface area contributed by atoms with E-state index in [-0.39, 0.29) is 0 Å². The van der Waals surface area contributed by atoms with Gasteiger partial charge in [0.05, 0.1) is 17.4 Å². The number of carbonyl (C=O) groups is 2. The number of carbonyl (C=O) groups excluding carboxylic acids is 2. The summed E-state index contributed by atoms with van der Waals surface area (Å²) in [6.07, 6.45) is 1.74. The number of nitrogens with zero attached hydrogens (tertiary/aromatic N) is 4. The number of aromatic nitrogens is 3. The first-order chi connectivity index (χ1) is 10.6. The van der Waals surface area contributed by atoms with Crippen LogP contribution in [-0.2, 0) is 18.4 Å². The summed E-state index contributed by atoms with van der Waals surface area (Å²) < 4.78 is 9.95. The van der Waals surface area contributed by atoms with E-state index in [0.717, 1.165) is 28.3 Å². The van der Waals surface area contributed by atoms with Crippen molar-refractivity contribution in [1.29, 1.82) is 0 Å². The second-order valence-corrected chi connectivity index (χ2v) is 5.61. The zero-order chi connectivity index (χ0) is 15.7. The molecule has 3 aromatic rings. The number of likely N-dealkylation sites (N-methyl/N-ethyl adjacent to an activating group) is 1. The normalized spacial score (nSPS) is 10.8. The lowest BCUT2D eigenvalue weighted by molar-refractivity contribution is -0.125. The van der Waals surface area contributed by atoms with E-state index >= 15 is 0 Å². The van der Waals surface area contributed by atoms with E-state index in [4.69, 9.17) is 0 Å². The lowest BCUT2D eigenvalue weighted by Crippen LogP contribution is -2.33. The predicted octanol–water partition coefficient (Wildman–Crippen LogP) is 1.87. The Morgan fingerprint density at radius 2 is 2.00 bits per heavy atom. The van der Waals surface area contributed by atoms with Crippen LogP contribution in [0.15, 0.2) is 36.5 Å². The first kappa shape index (κ1) is 14.4. The third-order valence-electron chi connectivity index (χ3n) is 3.46. The summed E-state index contributed by atoms with van der Waals surface area (Å²) in [5.41, 5.74) is 2.94. The molecule has 0 bridgehead atoms. The fourth-order valence-corrected chi connectivity index (χ4v) is 2.77. The monoisotopic (exact) mass is 314 g/mol. The minimum absolute atomic E-state index is 0.350. The van der Waals surface area contributed by atoms with Crippen molar-refractivity contribution in [2.24, 2.45) is 7.05 Å². The summed E-state index contributed by atoms with van der Waals surface area (Å²) in [6, 6.07) is 9.02. The van der Waals surface area contributed by atoms with Gasteiger partial charge in [-0.25, -0.2) is 0 Å². The minimum atomic E-state index is -0.529. The van der Waals surface area contributed by atoms with Gasteiger partial charge in [-0.05, 0) is 29.8 Å². The van der Waals surface area contributed by atoms with Crippen molar-refractivity contribution >= 4 is 34.5 Å². The van der Waals surface area contributed by atoms with E-state index in [9.17, 15) is 9.59 Å². The van der Waals surface area contributed by atoms with E-state index in [1.165, 1.54) is 4.90 Å². The molecule has 7 heteroatoms. The molecule has 0 saturated carbocycles. The fourth-order valence-electron chi connectivity index (χ4n) is 2.25. The number of amides is 1. The highest BCUT2D eigenvalue weighted by Gasteiger charge is 2.22. The van der Waals surface area contributed by atoms with Crippen molar-refractivity contribution in [3.05, 3.63) is 47.8 Å². The standard InChI is InChI=1S/C15H14N4O2S/c1-18-7-3-4-13(18)14(20)15(21)19(2)9-10-5-6-11-12(8-10)17-22-16-11/h3-8H,9H2,1-2H3. The Bertz CT molecular complexity index is 852. The Labute approximate surface area is 131 Å². The zero-order valence-electron chi connectivity index (χ0n) is 12.2. The highest BCUT2D eigenvalue weighted by Crippen LogP contribution is 2.15. The topological polar surface area (TPSA) is 68.1 Å². The zero-order valence-corrected chi connectivity index (χ0v) is 13.0. The minimum Gasteiger partial charge on any atom is -0.348 e. The summed E-state index contributed by atoms with van der Waals surface area (Å²) in [7, 11) is 3.36. The van der Waals surface area contributed by atoms with E-state index < -0.39 is 11.7 Å². The molecular formula is C15H14N4O2S. The number of aryl methyl sites for hydroxylation is 1. The third-order valence-corrected chi connectivity index (χ3v) is 4.01. The van der Waals surface area contributed by atoms with Crippen LogP contribution in [0.3, 0.4) is 0 Å². The molecule has 112 valence electrons. The van der Waals surface area contributed by atoms with Gasteiger partial charge in [-0.15, -0.1) is 0 Å². The highest BCUT2D eigenvalue weighted by atomic mass is 32.1. The summed E-state index contributed by atoms with van der Waals surface area (Å²) in [5.74, 6) is -1.04. The number of rotatable bonds is 4. The highest BCUT2D eigenvalue weighted by molar-refractivity contribution is 7.00. The Morgan fingerprint density at radius 3 is 2.73 bits per heavy atom. The maximum atomic E-state index is 12.2. The Morgan fingerprint density at radius 1 is 1.23 bits per heavy atom. The Kier molecular flexibility index (Phi) is 3.72. The molecule has 0 atom stereocenters. The maximum Gasteiger partial charge on any atom is 0.296 e. The van der Waals surface area contributed by atoms with Crippen LogP contribution in [0.5, 0.6) is 0 Å². The second kappa shape index (κ2) is 5.69. The molecule has 0 fully saturated rings. The summed E-state index contributed by atoms with van der Waals surface area (Å²) >= 11 is 1.15. The molecule has 0 aliphatic heterocycles. The third kappa shape index (κ3) is 2.62. The average molecular weight is 314 g/mol. The lowest BCUT2D eigenvalue weighted by atomic mass is 10.1. The Balaban J connectivity index is 1.75. The molecule has 0 radical (unpaired) electrons. The number of ketones is 1. The molecule has 0 aliphatic carbocycles. The van der Waals surface area contributed by atoms with Crippen LogP contribution in [0.25, 0.3) is 11.0 Å². The molecule has 0 spiro atoms. The molecule has 1 aromatic carbocycles. The van der Waals surface area contributed by atoms with Crippen LogP contribution in [0.4, 0.5) is 0 Å². The van der Waals surface area contributed by atoms with Gasteiger partial charge in [0.25, 0.3) is 11.7 Å². The molecule has 3 rings (SSSR count). The van der Waals surface area contributed by atoms with Crippen molar-refractivity contribution in [1.82, 2.24) is 18.2 Å². The largest absolute Gasteiger partial charge is 0.348 e. The molecule has 6 nitrogen and oxygen atoms in total. The second-order valence-electron chi connectivity index (χ2n) is 5.08. The molecule has 0 unspecified atom stereocenters. The van der Waals surface area contributed by atoms with Gasteiger partial charge < -0.3 is 9.47 Å². The van der Waals surface area contributed by atoms with Crippen molar-refractivity contribution in [2.75, 3.05) is 7.05 Å². The van der Waals surface area contributed by atoms with Gasteiger partial charge in [0.15, 0.2) is 0 Å². The maximum absolute atomic E-state index is 12.2. The first-order valence-electron chi connectivity index (χ1n) is 6.68. The number of hydrogen-bond donors (Lipinski definition) is 0.